The number of rotatable bonds is 3. The maximum Gasteiger partial charge on any atom is 0.328 e. The van der Waals surface area contributed by atoms with E-state index < -0.39 is 0 Å². The van der Waals surface area contributed by atoms with Gasteiger partial charge in [-0.1, -0.05) is 35.9 Å². The summed E-state index contributed by atoms with van der Waals surface area (Å²) in [7, 11) is 0. The monoisotopic (exact) mass is 356 g/mol. The van der Waals surface area contributed by atoms with E-state index in [2.05, 4.69) is 19.9 Å². The summed E-state index contributed by atoms with van der Waals surface area (Å²) in [5.41, 5.74) is 4.82. The Morgan fingerprint density at radius 3 is 2.74 bits per heavy atom. The molecule has 4 heterocycles. The van der Waals surface area contributed by atoms with Crippen molar-refractivity contribution in [1.82, 2.24) is 28.9 Å². The summed E-state index contributed by atoms with van der Waals surface area (Å²) in [6, 6.07) is 13.9. The molecule has 0 saturated carbocycles. The molecule has 0 fully saturated rings. The summed E-state index contributed by atoms with van der Waals surface area (Å²) in [5.74, 6) is 0.526. The molecule has 27 heavy (non-hydrogen) atoms. The fraction of sp³-hybridized carbons (Fsp3) is 0.100. The van der Waals surface area contributed by atoms with Gasteiger partial charge in [-0.3, -0.25) is 8.97 Å². The number of aryl methyl sites for hydroxylation is 1. The summed E-state index contributed by atoms with van der Waals surface area (Å²) in [5, 5.41) is 0. The van der Waals surface area contributed by atoms with Crippen molar-refractivity contribution in [3.63, 3.8) is 0 Å². The maximum atomic E-state index is 12.4. The van der Waals surface area contributed by atoms with Crippen LogP contribution in [-0.2, 0) is 6.54 Å². The van der Waals surface area contributed by atoms with Gasteiger partial charge in [0.1, 0.15) is 16.9 Å². The van der Waals surface area contributed by atoms with Gasteiger partial charge in [0.05, 0.1) is 18.9 Å². The van der Waals surface area contributed by atoms with Crippen molar-refractivity contribution in [3.8, 4) is 11.5 Å². The minimum Gasteiger partial charge on any atom is -0.303 e. The number of aromatic amines is 1. The Kier molecular flexibility index (Phi) is 3.39. The Labute approximate surface area is 154 Å². The molecule has 7 nitrogen and oxygen atoms in total. The molecule has 7 heteroatoms. The van der Waals surface area contributed by atoms with E-state index in [1.54, 1.807) is 17.0 Å². The van der Waals surface area contributed by atoms with E-state index in [1.165, 1.54) is 5.56 Å². The lowest BCUT2D eigenvalue weighted by Crippen LogP contribution is -2.17. The van der Waals surface area contributed by atoms with Crippen LogP contribution in [0.4, 0.5) is 0 Å². The van der Waals surface area contributed by atoms with Crippen molar-refractivity contribution in [3.05, 3.63) is 82.7 Å². The first-order valence-corrected chi connectivity index (χ1v) is 8.62. The van der Waals surface area contributed by atoms with E-state index in [4.69, 9.17) is 0 Å². The van der Waals surface area contributed by atoms with Gasteiger partial charge >= 0.3 is 5.69 Å². The van der Waals surface area contributed by atoms with Crippen molar-refractivity contribution in [1.29, 1.82) is 0 Å². The molecule has 132 valence electrons. The lowest BCUT2D eigenvalue weighted by molar-refractivity contribution is 0.777. The summed E-state index contributed by atoms with van der Waals surface area (Å²) >= 11 is 0. The number of aromatic nitrogens is 6. The number of H-pyrrole nitrogens is 1. The van der Waals surface area contributed by atoms with Crippen LogP contribution in [0.25, 0.3) is 28.3 Å². The van der Waals surface area contributed by atoms with Gasteiger partial charge in [0.25, 0.3) is 0 Å². The van der Waals surface area contributed by atoms with E-state index in [9.17, 15) is 4.79 Å². The zero-order valence-electron chi connectivity index (χ0n) is 14.6. The predicted molar refractivity (Wildman–Crippen MR) is 103 cm³/mol. The second-order valence-electron chi connectivity index (χ2n) is 6.51. The van der Waals surface area contributed by atoms with Gasteiger partial charge in [0, 0.05) is 6.20 Å². The lowest BCUT2D eigenvalue weighted by atomic mass is 10.1. The molecule has 1 aromatic carbocycles. The van der Waals surface area contributed by atoms with Gasteiger partial charge < -0.3 is 4.98 Å². The Morgan fingerprint density at radius 2 is 1.89 bits per heavy atom. The number of imidazole rings is 2. The van der Waals surface area contributed by atoms with E-state index >= 15 is 0 Å². The highest BCUT2D eigenvalue weighted by atomic mass is 16.1. The molecule has 0 atom stereocenters. The molecule has 0 unspecified atom stereocenters. The van der Waals surface area contributed by atoms with Crippen molar-refractivity contribution in [2.24, 2.45) is 0 Å². The average Bonchev–Trinajstić information content (AvgIpc) is 3.24. The first-order chi connectivity index (χ1) is 13.2. The molecule has 0 bridgehead atoms. The number of fused-ring (bicyclic) bond motifs is 2. The van der Waals surface area contributed by atoms with Crippen molar-refractivity contribution < 1.29 is 0 Å². The van der Waals surface area contributed by atoms with Crippen LogP contribution < -0.4 is 5.69 Å². The Bertz CT molecular complexity index is 1330. The van der Waals surface area contributed by atoms with Crippen LogP contribution in [0, 0.1) is 6.92 Å². The Hall–Kier alpha value is -3.74. The smallest absolute Gasteiger partial charge is 0.303 e. The third kappa shape index (κ3) is 2.60. The van der Waals surface area contributed by atoms with E-state index in [0.29, 0.717) is 23.5 Å². The zero-order chi connectivity index (χ0) is 18.4. The summed E-state index contributed by atoms with van der Waals surface area (Å²) in [6.45, 7) is 2.49. The molecule has 0 aliphatic carbocycles. The summed E-state index contributed by atoms with van der Waals surface area (Å²) in [4.78, 5) is 28.7. The molecule has 4 aromatic heterocycles. The third-order valence-corrected chi connectivity index (χ3v) is 4.62. The topological polar surface area (TPSA) is 80.9 Å². The van der Waals surface area contributed by atoms with Crippen LogP contribution in [0.1, 0.15) is 11.1 Å². The minimum atomic E-state index is -0.199. The Morgan fingerprint density at radius 1 is 1.04 bits per heavy atom. The fourth-order valence-electron chi connectivity index (χ4n) is 3.19. The van der Waals surface area contributed by atoms with Crippen molar-refractivity contribution >= 4 is 16.8 Å². The van der Waals surface area contributed by atoms with E-state index in [-0.39, 0.29) is 5.69 Å². The number of nitrogens with zero attached hydrogens (tertiary/aromatic N) is 5. The van der Waals surface area contributed by atoms with Crippen LogP contribution in [-0.4, -0.2) is 28.9 Å². The predicted octanol–water partition coefficient (Wildman–Crippen LogP) is 2.79. The normalized spacial score (nSPS) is 11.4. The fourth-order valence-corrected chi connectivity index (χ4v) is 3.19. The molecular formula is C20H16N6O. The number of benzene rings is 1. The molecule has 0 amide bonds. The Balaban J connectivity index is 1.64. The van der Waals surface area contributed by atoms with E-state index in [1.807, 2.05) is 60.0 Å². The van der Waals surface area contributed by atoms with Gasteiger partial charge in [-0.15, -0.1) is 0 Å². The molecule has 0 aliphatic rings. The van der Waals surface area contributed by atoms with Crippen molar-refractivity contribution in [2.75, 3.05) is 0 Å². The number of hydrogen-bond acceptors (Lipinski definition) is 4. The van der Waals surface area contributed by atoms with Crippen LogP contribution in [0.5, 0.6) is 0 Å². The third-order valence-electron chi connectivity index (χ3n) is 4.62. The van der Waals surface area contributed by atoms with Crippen molar-refractivity contribution in [2.45, 2.75) is 13.5 Å². The van der Waals surface area contributed by atoms with Gasteiger partial charge in [-0.2, -0.15) is 0 Å². The first kappa shape index (κ1) is 15.5. The highest BCUT2D eigenvalue weighted by molar-refractivity contribution is 5.72. The van der Waals surface area contributed by atoms with Gasteiger partial charge in [0.15, 0.2) is 11.5 Å². The summed E-state index contributed by atoms with van der Waals surface area (Å²) in [6.07, 6.45) is 5.31. The molecule has 0 aliphatic heterocycles. The van der Waals surface area contributed by atoms with Crippen LogP contribution >= 0.6 is 0 Å². The zero-order valence-corrected chi connectivity index (χ0v) is 14.6. The quantitative estimate of drug-likeness (QED) is 0.539. The second kappa shape index (κ2) is 5.91. The number of nitrogens with one attached hydrogen (secondary N) is 1. The van der Waals surface area contributed by atoms with Crippen LogP contribution in [0.3, 0.4) is 0 Å². The second-order valence-corrected chi connectivity index (χ2v) is 6.51. The first-order valence-electron chi connectivity index (χ1n) is 8.62. The molecule has 5 aromatic rings. The summed E-state index contributed by atoms with van der Waals surface area (Å²) < 4.78 is 3.56. The average molecular weight is 356 g/mol. The molecule has 0 radical (unpaired) electrons. The van der Waals surface area contributed by atoms with Gasteiger partial charge in [-0.05, 0) is 24.6 Å². The lowest BCUT2D eigenvalue weighted by Gasteiger charge is -2.05. The van der Waals surface area contributed by atoms with Gasteiger partial charge in [0.2, 0.25) is 0 Å². The highest BCUT2D eigenvalue weighted by Gasteiger charge is 2.14. The number of pyridine rings is 1. The highest BCUT2D eigenvalue weighted by Crippen LogP contribution is 2.19. The van der Waals surface area contributed by atoms with E-state index in [0.717, 1.165) is 16.9 Å². The SMILES string of the molecule is Cc1ccc(Cn2c(=O)[nH]c3cnc(-c4cnc5ccccn45)nc32)cc1. The molecule has 0 saturated heterocycles. The van der Waals surface area contributed by atoms with Gasteiger partial charge in [-0.25, -0.2) is 19.7 Å². The van der Waals surface area contributed by atoms with Crippen LogP contribution in [0.15, 0.2) is 65.8 Å². The number of hydrogen-bond donors (Lipinski definition) is 1. The largest absolute Gasteiger partial charge is 0.328 e. The maximum absolute atomic E-state index is 12.4. The minimum absolute atomic E-state index is 0.199. The molecular weight excluding hydrogens is 340 g/mol. The van der Waals surface area contributed by atoms with Crippen LogP contribution in [0.2, 0.25) is 0 Å². The molecule has 0 spiro atoms. The standard InChI is InChI=1S/C20H16N6O/c1-13-5-7-14(8-6-13)12-26-19-15(23-20(26)27)10-22-18(24-19)16-11-21-17-4-2-3-9-25(16)17/h2-11H,12H2,1H3,(H,23,27). The molecule has 1 N–H and O–H groups in total. The molecule has 5 rings (SSSR count).